The maximum absolute atomic E-state index is 10.9. The maximum Gasteiger partial charge on any atom is 0.343 e. The van der Waals surface area contributed by atoms with Crippen LogP contribution in [0.1, 0.15) is 6.92 Å². The highest BCUT2D eigenvalue weighted by atomic mass is 127. The summed E-state index contributed by atoms with van der Waals surface area (Å²) >= 11 is 1.99. The van der Waals surface area contributed by atoms with Crippen molar-refractivity contribution in [1.82, 2.24) is 0 Å². The molecule has 0 aliphatic rings. The quantitative estimate of drug-likeness (QED) is 0.600. The molecule has 4 heteroatoms. The molecule has 3 aromatic rings. The predicted octanol–water partition coefficient (Wildman–Crippen LogP) is 2.64. The molecule has 2 heterocycles. The van der Waals surface area contributed by atoms with Crippen LogP contribution in [0.15, 0.2) is 27.4 Å². The maximum atomic E-state index is 10.9. The van der Waals surface area contributed by atoms with Crippen molar-refractivity contribution in [2.75, 3.05) is 7.11 Å². The van der Waals surface area contributed by atoms with Crippen molar-refractivity contribution in [1.29, 1.82) is 0 Å². The summed E-state index contributed by atoms with van der Waals surface area (Å²) in [4.78, 5) is 10.9. The molecule has 0 fully saturated rings. The smallest absolute Gasteiger partial charge is 0.343 e. The van der Waals surface area contributed by atoms with Crippen LogP contribution in [0.25, 0.3) is 11.0 Å². The summed E-state index contributed by atoms with van der Waals surface area (Å²) in [6, 6.07) is 5.10. The zero-order chi connectivity index (χ0) is 11.3. The Hall–Kier alpha value is -1.22. The summed E-state index contributed by atoms with van der Waals surface area (Å²) in [6.07, 6.45) is 0. The van der Waals surface area contributed by atoms with Gasteiger partial charge in [0, 0.05) is 22.6 Å². The van der Waals surface area contributed by atoms with Crippen LogP contribution in [0.5, 0.6) is 5.75 Å². The van der Waals surface area contributed by atoms with Gasteiger partial charge in [-0.25, -0.2) is 4.79 Å². The number of hydrogen-bond acceptors (Lipinski definition) is 3. The molecule has 0 N–H and O–H groups in total. The second kappa shape index (κ2) is 5.61. The van der Waals surface area contributed by atoms with E-state index in [1.54, 1.807) is 25.3 Å². The first-order valence-electron chi connectivity index (χ1n) is 4.15. The highest BCUT2D eigenvalue weighted by Gasteiger charge is 2.05. The Balaban J connectivity index is 0.000000245. The third kappa shape index (κ3) is 2.86. The minimum absolute atomic E-state index is 0.302. The van der Waals surface area contributed by atoms with Crippen molar-refractivity contribution < 1.29 is 9.15 Å². The van der Waals surface area contributed by atoms with Gasteiger partial charge in [-0.1, -0.05) is 5.92 Å². The van der Waals surface area contributed by atoms with Crippen molar-refractivity contribution >= 4 is 33.6 Å². The lowest BCUT2D eigenvalue weighted by atomic mass is 10.2. The van der Waals surface area contributed by atoms with Gasteiger partial charge in [-0.2, -0.15) is 0 Å². The second-order valence-electron chi connectivity index (χ2n) is 2.60. The van der Waals surface area contributed by atoms with Crippen molar-refractivity contribution in [3.8, 4) is 15.6 Å². The van der Waals surface area contributed by atoms with Gasteiger partial charge in [0.2, 0.25) is 0 Å². The van der Waals surface area contributed by atoms with Crippen LogP contribution < -0.4 is 10.4 Å². The van der Waals surface area contributed by atoms with Crippen LogP contribution in [0.4, 0.5) is 0 Å². The van der Waals surface area contributed by atoms with Gasteiger partial charge in [-0.05, 0) is 29.1 Å². The molecule has 0 saturated heterocycles. The molecule has 0 amide bonds. The molecule has 78 valence electrons. The Morgan fingerprint density at radius 2 is 2.13 bits per heavy atom. The summed E-state index contributed by atoms with van der Waals surface area (Å²) in [5, 5.41) is 0.539. The van der Waals surface area contributed by atoms with Crippen LogP contribution >= 0.6 is 22.6 Å². The van der Waals surface area contributed by atoms with E-state index in [0.717, 1.165) is 0 Å². The van der Waals surface area contributed by atoms with Gasteiger partial charge in [-0.15, -0.1) is 0 Å². The number of ether oxygens (including phenoxy) is 1. The number of hydrogen-bond donors (Lipinski definition) is 0. The molecule has 0 spiro atoms. The summed E-state index contributed by atoms with van der Waals surface area (Å²) in [7, 11) is 1.54. The average Bonchev–Trinajstić information content (AvgIpc) is 2.30. The van der Waals surface area contributed by atoms with Crippen molar-refractivity contribution in [3.63, 3.8) is 0 Å². The Labute approximate surface area is 101 Å². The zero-order valence-electron chi connectivity index (χ0n) is 8.33. The molecule has 15 heavy (non-hydrogen) atoms. The lowest BCUT2D eigenvalue weighted by Crippen LogP contribution is -2.01. The van der Waals surface area contributed by atoms with Gasteiger partial charge in [0.1, 0.15) is 0 Å². The SMILES string of the molecule is CC#CI.COc1cc2ccc1oc2=O. The van der Waals surface area contributed by atoms with E-state index in [1.807, 2.05) is 29.5 Å². The number of halogens is 1. The number of benzene rings is 1. The van der Waals surface area contributed by atoms with E-state index < -0.39 is 0 Å². The first-order valence-corrected chi connectivity index (χ1v) is 5.23. The van der Waals surface area contributed by atoms with E-state index in [2.05, 4.69) is 9.85 Å². The molecule has 0 aliphatic heterocycles. The fourth-order valence-corrected chi connectivity index (χ4v) is 1.04. The third-order valence-corrected chi connectivity index (χ3v) is 2.24. The van der Waals surface area contributed by atoms with Gasteiger partial charge in [-0.3, -0.25) is 0 Å². The fraction of sp³-hybridized carbons (Fsp3) is 0.182. The highest BCUT2D eigenvalue weighted by molar-refractivity contribution is 14.1. The Kier molecular flexibility index (Phi) is 4.43. The Bertz CT molecular complexity index is 527. The summed E-state index contributed by atoms with van der Waals surface area (Å²) < 4.78 is 12.4. The zero-order valence-corrected chi connectivity index (χ0v) is 10.5. The predicted molar refractivity (Wildman–Crippen MR) is 67.7 cm³/mol. The molecule has 0 unspecified atom stereocenters. The minimum Gasteiger partial charge on any atom is -0.493 e. The normalized spacial score (nSPS) is 8.73. The molecule has 0 atom stereocenters. The molecule has 2 bridgehead atoms. The van der Waals surface area contributed by atoms with E-state index in [0.29, 0.717) is 16.7 Å². The molecular formula is C11H9IO3. The summed E-state index contributed by atoms with van der Waals surface area (Å²) in [6.45, 7) is 1.81. The number of methoxy groups -OCH3 is 1. The van der Waals surface area contributed by atoms with E-state index in [4.69, 9.17) is 9.15 Å². The summed E-state index contributed by atoms with van der Waals surface area (Å²) in [5.41, 5.74) is 0.191. The van der Waals surface area contributed by atoms with Crippen LogP contribution in [0.3, 0.4) is 0 Å². The molecule has 3 rings (SSSR count). The van der Waals surface area contributed by atoms with Gasteiger partial charge in [0.15, 0.2) is 11.3 Å². The standard InChI is InChI=1S/C8H6O3.C3H3I/c1-10-7-4-5-2-3-6(7)11-8(5)9;1-2-3-4/h2-4H,1H3;1H3. The van der Waals surface area contributed by atoms with Crippen LogP contribution in [0, 0.1) is 9.85 Å². The number of fused-ring (bicyclic) bond motifs is 3. The molecule has 0 aliphatic carbocycles. The molecular weight excluding hydrogens is 307 g/mol. The third-order valence-electron chi connectivity index (χ3n) is 1.70. The fourth-order valence-electron chi connectivity index (χ4n) is 1.04. The molecule has 3 nitrogen and oxygen atoms in total. The van der Waals surface area contributed by atoms with Gasteiger partial charge in [0.05, 0.1) is 12.5 Å². The van der Waals surface area contributed by atoms with E-state index in [9.17, 15) is 4.79 Å². The highest BCUT2D eigenvalue weighted by Crippen LogP contribution is 2.21. The van der Waals surface area contributed by atoms with Crippen molar-refractivity contribution in [2.24, 2.45) is 0 Å². The molecule has 1 aromatic carbocycles. The first kappa shape index (κ1) is 11.9. The minimum atomic E-state index is -0.302. The van der Waals surface area contributed by atoms with Crippen LogP contribution in [-0.2, 0) is 0 Å². The lowest BCUT2D eigenvalue weighted by Gasteiger charge is -2.02. The monoisotopic (exact) mass is 316 g/mol. The second-order valence-corrected chi connectivity index (χ2v) is 3.14. The van der Waals surface area contributed by atoms with Crippen LogP contribution in [0.2, 0.25) is 0 Å². The largest absolute Gasteiger partial charge is 0.493 e. The Morgan fingerprint density at radius 1 is 1.47 bits per heavy atom. The van der Waals surface area contributed by atoms with Gasteiger partial charge in [0.25, 0.3) is 0 Å². The molecule has 0 saturated carbocycles. The first-order chi connectivity index (χ1) is 7.22. The van der Waals surface area contributed by atoms with Crippen LogP contribution in [-0.4, -0.2) is 7.11 Å². The lowest BCUT2D eigenvalue weighted by molar-refractivity contribution is 0.404. The van der Waals surface area contributed by atoms with Crippen molar-refractivity contribution in [3.05, 3.63) is 28.6 Å². The van der Waals surface area contributed by atoms with Gasteiger partial charge < -0.3 is 9.15 Å². The van der Waals surface area contributed by atoms with E-state index >= 15 is 0 Å². The average molecular weight is 316 g/mol. The topological polar surface area (TPSA) is 39.4 Å². The summed E-state index contributed by atoms with van der Waals surface area (Å²) in [5.74, 6) is 3.28. The van der Waals surface area contributed by atoms with Gasteiger partial charge >= 0.3 is 5.63 Å². The molecule has 2 aromatic heterocycles. The Morgan fingerprint density at radius 3 is 2.47 bits per heavy atom. The van der Waals surface area contributed by atoms with Crippen molar-refractivity contribution in [2.45, 2.75) is 6.92 Å². The number of rotatable bonds is 1. The molecule has 0 radical (unpaired) electrons. The van der Waals surface area contributed by atoms with E-state index in [-0.39, 0.29) is 5.63 Å². The van der Waals surface area contributed by atoms with E-state index in [1.165, 1.54) is 0 Å².